The summed E-state index contributed by atoms with van der Waals surface area (Å²) in [5.41, 5.74) is 2.26. The van der Waals surface area contributed by atoms with Crippen LogP contribution in [0.5, 0.6) is 0 Å². The fourth-order valence-electron chi connectivity index (χ4n) is 5.64. The Labute approximate surface area is 195 Å². The summed E-state index contributed by atoms with van der Waals surface area (Å²) in [6, 6.07) is 1.87. The maximum Gasteiger partial charge on any atom is 0.341 e. The molecule has 4 rings (SSSR count). The summed E-state index contributed by atoms with van der Waals surface area (Å²) in [6.45, 7) is 8.53. The van der Waals surface area contributed by atoms with Gasteiger partial charge in [-0.3, -0.25) is 4.79 Å². The lowest BCUT2D eigenvalue weighted by atomic mass is 9.83. The molecular weight excluding hydrogens is 420 g/mol. The van der Waals surface area contributed by atoms with Gasteiger partial charge >= 0.3 is 5.97 Å². The van der Waals surface area contributed by atoms with Crippen LogP contribution in [0.2, 0.25) is 0 Å². The Kier molecular flexibility index (Phi) is 6.52. The molecule has 178 valence electrons. The van der Waals surface area contributed by atoms with E-state index in [0.29, 0.717) is 19.6 Å². The lowest BCUT2D eigenvalue weighted by Crippen LogP contribution is -2.47. The summed E-state index contributed by atoms with van der Waals surface area (Å²) in [5, 5.41) is 9.64. The van der Waals surface area contributed by atoms with E-state index in [1.165, 1.54) is 6.07 Å². The Balaban J connectivity index is 1.89. The standard InChI is InChI=1S/C26H34N2O5/c1-5-11-27-20-9-10-26(2,3)24(20)28-16-19(25(30)31)22(29)15-21(28)23(27)17-7-6-8-18(14-17)33-13-12-32-4/h6-8,15-16,20,24H,5,9-14H2,1-4H3,(H,30,31)/b23-17-. The molecule has 3 aliphatic rings. The summed E-state index contributed by atoms with van der Waals surface area (Å²) in [6.07, 6.45) is 11.3. The number of carbonyl (C=O) groups is 1. The van der Waals surface area contributed by atoms with Gasteiger partial charge in [0.2, 0.25) is 0 Å². The molecule has 2 aliphatic carbocycles. The quantitative estimate of drug-likeness (QED) is 0.622. The van der Waals surface area contributed by atoms with E-state index >= 15 is 0 Å². The SMILES string of the molecule is CCCN1/C(=C2/C=CC=C(OCCOC)C2)c2cc(=O)c(C(=O)O)cn2C2C1CCC2(C)C. The molecule has 1 aromatic heterocycles. The van der Waals surface area contributed by atoms with Crippen molar-refractivity contribution in [3.05, 3.63) is 63.3 Å². The molecule has 0 radical (unpaired) electrons. The van der Waals surface area contributed by atoms with Crippen LogP contribution in [-0.2, 0) is 9.47 Å². The second-order valence-corrected chi connectivity index (χ2v) is 9.77. The fraction of sp³-hybridized carbons (Fsp3) is 0.538. The molecule has 7 nitrogen and oxygen atoms in total. The molecule has 2 atom stereocenters. The number of nitrogens with zero attached hydrogens (tertiary/aromatic N) is 2. The van der Waals surface area contributed by atoms with Crippen LogP contribution >= 0.6 is 0 Å². The first-order chi connectivity index (χ1) is 15.8. The molecule has 1 aromatic rings. The Morgan fingerprint density at radius 1 is 1.30 bits per heavy atom. The van der Waals surface area contributed by atoms with E-state index in [0.717, 1.165) is 48.5 Å². The van der Waals surface area contributed by atoms with Gasteiger partial charge in [-0.15, -0.1) is 0 Å². The average molecular weight is 455 g/mol. The molecule has 2 heterocycles. The predicted molar refractivity (Wildman–Crippen MR) is 127 cm³/mol. The lowest BCUT2D eigenvalue weighted by Gasteiger charge is -2.47. The second-order valence-electron chi connectivity index (χ2n) is 9.77. The van der Waals surface area contributed by atoms with Crippen molar-refractivity contribution in [3.8, 4) is 0 Å². The third kappa shape index (κ3) is 4.26. The highest BCUT2D eigenvalue weighted by Gasteiger charge is 2.50. The highest BCUT2D eigenvalue weighted by Crippen LogP contribution is 2.53. The van der Waals surface area contributed by atoms with Gasteiger partial charge in [-0.05, 0) is 36.3 Å². The molecule has 1 aliphatic heterocycles. The second kappa shape index (κ2) is 9.21. The molecule has 2 unspecified atom stereocenters. The number of rotatable bonds is 7. The van der Waals surface area contributed by atoms with Gasteiger partial charge in [0.1, 0.15) is 17.9 Å². The maximum absolute atomic E-state index is 12.8. The molecule has 0 bridgehead atoms. The van der Waals surface area contributed by atoms with Gasteiger partial charge in [-0.25, -0.2) is 4.79 Å². The third-order valence-corrected chi connectivity index (χ3v) is 7.08. The van der Waals surface area contributed by atoms with Crippen molar-refractivity contribution in [2.24, 2.45) is 5.41 Å². The zero-order chi connectivity index (χ0) is 23.8. The van der Waals surface area contributed by atoms with Crippen LogP contribution in [0.25, 0.3) is 5.70 Å². The summed E-state index contributed by atoms with van der Waals surface area (Å²) >= 11 is 0. The zero-order valence-electron chi connectivity index (χ0n) is 20.0. The number of fused-ring (bicyclic) bond motifs is 3. The first-order valence-electron chi connectivity index (χ1n) is 11.8. The molecule has 1 saturated carbocycles. The minimum atomic E-state index is -1.18. The molecule has 7 heteroatoms. The first-order valence-corrected chi connectivity index (χ1v) is 11.8. The topological polar surface area (TPSA) is 81.0 Å². The van der Waals surface area contributed by atoms with E-state index in [1.807, 2.05) is 12.2 Å². The van der Waals surface area contributed by atoms with Crippen molar-refractivity contribution in [2.45, 2.75) is 58.5 Å². The normalized spacial score (nSPS) is 25.5. The number of ether oxygens (including phenoxy) is 2. The van der Waals surface area contributed by atoms with Gasteiger partial charge in [0.15, 0.2) is 5.43 Å². The average Bonchev–Trinajstić information content (AvgIpc) is 3.09. The van der Waals surface area contributed by atoms with Crippen LogP contribution in [0, 0.1) is 5.41 Å². The maximum atomic E-state index is 12.8. The summed E-state index contributed by atoms with van der Waals surface area (Å²) in [4.78, 5) is 27.1. The largest absolute Gasteiger partial charge is 0.495 e. The van der Waals surface area contributed by atoms with E-state index in [-0.39, 0.29) is 23.1 Å². The van der Waals surface area contributed by atoms with Crippen LogP contribution in [0.15, 0.2) is 46.6 Å². The number of hydrogen-bond acceptors (Lipinski definition) is 5. The van der Waals surface area contributed by atoms with E-state index < -0.39 is 11.4 Å². The van der Waals surface area contributed by atoms with E-state index in [9.17, 15) is 14.7 Å². The summed E-state index contributed by atoms with van der Waals surface area (Å²) in [7, 11) is 1.65. The van der Waals surface area contributed by atoms with Crippen LogP contribution in [0.3, 0.4) is 0 Å². The Bertz CT molecular complexity index is 1080. The number of carboxylic acids is 1. The van der Waals surface area contributed by atoms with E-state index in [1.54, 1.807) is 13.3 Å². The number of hydrogen-bond donors (Lipinski definition) is 1. The number of methoxy groups -OCH3 is 1. The van der Waals surface area contributed by atoms with Crippen molar-refractivity contribution < 1.29 is 19.4 Å². The van der Waals surface area contributed by atoms with Crippen LogP contribution < -0.4 is 5.43 Å². The van der Waals surface area contributed by atoms with E-state index in [2.05, 4.69) is 36.3 Å². The van der Waals surface area contributed by atoms with Gasteiger partial charge in [0.05, 0.1) is 30.1 Å². The van der Waals surface area contributed by atoms with Gasteiger partial charge in [0.25, 0.3) is 0 Å². The number of aromatic carboxylic acids is 1. The Morgan fingerprint density at radius 3 is 2.79 bits per heavy atom. The molecule has 0 aromatic carbocycles. The molecular formula is C26H34N2O5. The van der Waals surface area contributed by atoms with Gasteiger partial charge < -0.3 is 24.0 Å². The summed E-state index contributed by atoms with van der Waals surface area (Å²) < 4.78 is 13.1. The third-order valence-electron chi connectivity index (χ3n) is 7.08. The minimum Gasteiger partial charge on any atom is -0.495 e. The molecule has 1 N–H and O–H groups in total. The van der Waals surface area contributed by atoms with Crippen LogP contribution in [0.1, 0.15) is 68.5 Å². The van der Waals surface area contributed by atoms with Gasteiger partial charge in [0, 0.05) is 32.3 Å². The van der Waals surface area contributed by atoms with Crippen LogP contribution in [0.4, 0.5) is 0 Å². The lowest BCUT2D eigenvalue weighted by molar-refractivity contribution is 0.0692. The predicted octanol–water partition coefficient (Wildman–Crippen LogP) is 4.22. The van der Waals surface area contributed by atoms with E-state index in [4.69, 9.17) is 9.47 Å². The molecule has 33 heavy (non-hydrogen) atoms. The highest BCUT2D eigenvalue weighted by atomic mass is 16.5. The zero-order valence-corrected chi connectivity index (χ0v) is 20.0. The smallest absolute Gasteiger partial charge is 0.341 e. The number of pyridine rings is 1. The van der Waals surface area contributed by atoms with Crippen molar-refractivity contribution in [1.29, 1.82) is 0 Å². The number of aromatic nitrogens is 1. The monoisotopic (exact) mass is 454 g/mol. The Morgan fingerprint density at radius 2 is 2.09 bits per heavy atom. The van der Waals surface area contributed by atoms with Crippen molar-refractivity contribution in [3.63, 3.8) is 0 Å². The van der Waals surface area contributed by atoms with Crippen molar-refractivity contribution in [1.82, 2.24) is 9.47 Å². The first kappa shape index (κ1) is 23.4. The summed E-state index contributed by atoms with van der Waals surface area (Å²) in [5.74, 6) is -0.319. The van der Waals surface area contributed by atoms with Gasteiger partial charge in [-0.2, -0.15) is 0 Å². The molecule has 0 saturated heterocycles. The molecule has 0 amide bonds. The minimum absolute atomic E-state index is 0.0107. The van der Waals surface area contributed by atoms with Crippen molar-refractivity contribution >= 4 is 11.7 Å². The number of carboxylic acid groups (broad SMARTS) is 1. The van der Waals surface area contributed by atoms with Gasteiger partial charge in [-0.1, -0.05) is 32.9 Å². The molecule has 0 spiro atoms. The fourth-order valence-corrected chi connectivity index (χ4v) is 5.64. The molecule has 1 fully saturated rings. The van der Waals surface area contributed by atoms with Crippen molar-refractivity contribution in [2.75, 3.05) is 26.9 Å². The van der Waals surface area contributed by atoms with Crippen LogP contribution in [-0.4, -0.2) is 53.5 Å². The Hall–Kier alpha value is -2.80. The number of allylic oxidation sites excluding steroid dienone is 4. The highest BCUT2D eigenvalue weighted by molar-refractivity contribution is 5.87.